The van der Waals surface area contributed by atoms with Crippen molar-refractivity contribution in [1.29, 1.82) is 0 Å². The van der Waals surface area contributed by atoms with Crippen molar-refractivity contribution in [2.75, 3.05) is 19.6 Å². The Morgan fingerprint density at radius 2 is 1.54 bits per heavy atom. The average molecular weight is 666 g/mol. The number of benzene rings is 4. The maximum absolute atomic E-state index is 13.8. The van der Waals surface area contributed by atoms with Gasteiger partial charge in [0.05, 0.1) is 17.7 Å². The fourth-order valence-corrected chi connectivity index (χ4v) is 7.08. The van der Waals surface area contributed by atoms with E-state index in [9.17, 15) is 23.5 Å². The first-order chi connectivity index (χ1) is 23.2. The molecule has 2 heterocycles. The molecular formula is C39H37F2N3O3S. The van der Waals surface area contributed by atoms with Crippen LogP contribution in [0, 0.1) is 0 Å². The number of hydrogen-bond donors (Lipinski definition) is 1. The van der Waals surface area contributed by atoms with E-state index in [2.05, 4.69) is 0 Å². The summed E-state index contributed by atoms with van der Waals surface area (Å²) in [7, 11) is 0. The molecule has 0 spiro atoms. The minimum atomic E-state index is -2.93. The van der Waals surface area contributed by atoms with Gasteiger partial charge in [0.15, 0.2) is 0 Å². The van der Waals surface area contributed by atoms with E-state index >= 15 is 0 Å². The molecule has 1 saturated heterocycles. The van der Waals surface area contributed by atoms with Gasteiger partial charge in [0, 0.05) is 49.0 Å². The lowest BCUT2D eigenvalue weighted by molar-refractivity contribution is 0.0174. The summed E-state index contributed by atoms with van der Waals surface area (Å²) in [5.74, 6) is -3.17. The van der Waals surface area contributed by atoms with Crippen LogP contribution in [0.4, 0.5) is 8.78 Å². The zero-order valence-electron chi connectivity index (χ0n) is 26.6. The number of amides is 2. The summed E-state index contributed by atoms with van der Waals surface area (Å²) in [5.41, 5.74) is 3.93. The lowest BCUT2D eigenvalue weighted by Crippen LogP contribution is -2.38. The number of aliphatic hydroxyl groups is 1. The molecule has 5 aromatic rings. The lowest BCUT2D eigenvalue weighted by atomic mass is 9.94. The molecule has 4 aromatic carbocycles. The number of carbonyl (C=O) groups is 2. The van der Waals surface area contributed by atoms with Gasteiger partial charge in [0.2, 0.25) is 0 Å². The number of aliphatic hydroxyl groups excluding tert-OH is 1. The topological polar surface area (TPSA) is 73.7 Å². The van der Waals surface area contributed by atoms with Crippen LogP contribution in [0.5, 0.6) is 0 Å². The van der Waals surface area contributed by atoms with Crippen LogP contribution in [0.2, 0.25) is 0 Å². The molecule has 1 unspecified atom stereocenters. The highest BCUT2D eigenvalue weighted by Gasteiger charge is 2.30. The van der Waals surface area contributed by atoms with Gasteiger partial charge < -0.3 is 14.9 Å². The highest BCUT2D eigenvalue weighted by molar-refractivity contribution is 7.09. The van der Waals surface area contributed by atoms with E-state index in [0.717, 1.165) is 23.1 Å². The molecule has 1 aliphatic rings. The van der Waals surface area contributed by atoms with E-state index in [4.69, 9.17) is 4.98 Å². The molecule has 1 atom stereocenters. The van der Waals surface area contributed by atoms with Gasteiger partial charge in [0.25, 0.3) is 17.7 Å². The van der Waals surface area contributed by atoms with Crippen LogP contribution in [0.15, 0.2) is 115 Å². The quantitative estimate of drug-likeness (QED) is 0.163. The second-order valence-corrected chi connectivity index (χ2v) is 13.1. The number of carbonyl (C=O) groups excluding carboxylic acids is 2. The van der Waals surface area contributed by atoms with Gasteiger partial charge >= 0.3 is 0 Å². The predicted molar refractivity (Wildman–Crippen MR) is 184 cm³/mol. The number of alkyl halides is 2. The largest absolute Gasteiger partial charge is 0.387 e. The molecule has 48 heavy (non-hydrogen) atoms. The molecule has 1 aliphatic heterocycles. The fourth-order valence-electron chi connectivity index (χ4n) is 6.11. The Kier molecular flexibility index (Phi) is 10.1. The summed E-state index contributed by atoms with van der Waals surface area (Å²) in [6.07, 6.45) is 0.565. The monoisotopic (exact) mass is 665 g/mol. The molecule has 0 bridgehead atoms. The lowest BCUT2D eigenvalue weighted by Gasteiger charge is -2.31. The molecule has 6 nitrogen and oxygen atoms in total. The van der Waals surface area contributed by atoms with Gasteiger partial charge in [-0.25, -0.2) is 13.8 Å². The molecule has 246 valence electrons. The van der Waals surface area contributed by atoms with E-state index in [1.165, 1.54) is 23.5 Å². The summed E-state index contributed by atoms with van der Waals surface area (Å²) in [6, 6.07) is 32.3. The highest BCUT2D eigenvalue weighted by Crippen LogP contribution is 2.34. The van der Waals surface area contributed by atoms with Crippen LogP contribution in [-0.4, -0.2) is 51.3 Å². The summed E-state index contributed by atoms with van der Waals surface area (Å²) in [5, 5.41) is 13.6. The van der Waals surface area contributed by atoms with E-state index < -0.39 is 12.0 Å². The molecule has 0 aliphatic carbocycles. The van der Waals surface area contributed by atoms with Crippen LogP contribution in [-0.2, 0) is 12.5 Å². The average Bonchev–Trinajstić information content (AvgIpc) is 3.62. The Morgan fingerprint density at radius 3 is 2.21 bits per heavy atom. The van der Waals surface area contributed by atoms with Gasteiger partial charge in [0.1, 0.15) is 5.69 Å². The van der Waals surface area contributed by atoms with E-state index in [1.54, 1.807) is 28.5 Å². The second kappa shape index (κ2) is 14.6. The number of piperidine rings is 1. The normalized spacial score (nSPS) is 14.5. The van der Waals surface area contributed by atoms with Crippen molar-refractivity contribution in [3.63, 3.8) is 0 Å². The molecule has 1 N–H and O–H groups in total. The van der Waals surface area contributed by atoms with Crippen LogP contribution >= 0.6 is 11.3 Å². The van der Waals surface area contributed by atoms with Gasteiger partial charge in [-0.05, 0) is 41.2 Å². The predicted octanol–water partition coefficient (Wildman–Crippen LogP) is 8.32. The first-order valence-corrected chi connectivity index (χ1v) is 16.9. The summed E-state index contributed by atoms with van der Waals surface area (Å²) in [6.45, 7) is 2.40. The number of rotatable bonds is 10. The number of thiazole rings is 1. The molecular weight excluding hydrogens is 629 g/mol. The fraction of sp³-hybridized carbons (Fsp3) is 0.256. The van der Waals surface area contributed by atoms with Crippen molar-refractivity contribution in [3.05, 3.63) is 148 Å². The molecule has 2 amide bonds. The maximum Gasteiger partial charge on any atom is 0.273 e. The van der Waals surface area contributed by atoms with Crippen molar-refractivity contribution in [2.45, 2.75) is 44.3 Å². The Hall–Kier alpha value is -4.73. The third kappa shape index (κ3) is 7.69. The Bertz CT molecular complexity index is 1830. The smallest absolute Gasteiger partial charge is 0.273 e. The van der Waals surface area contributed by atoms with Gasteiger partial charge in [-0.3, -0.25) is 9.59 Å². The third-order valence-electron chi connectivity index (χ3n) is 8.81. The van der Waals surface area contributed by atoms with Crippen LogP contribution < -0.4 is 0 Å². The summed E-state index contributed by atoms with van der Waals surface area (Å²) >= 11 is 1.45. The summed E-state index contributed by atoms with van der Waals surface area (Å²) in [4.78, 5) is 35.7. The standard InChI is InChI=1S/C39H37F2N3O3S/c1-39(40,41)31-18-16-28(17-19-31)32-14-8-9-15-33(32)37(46)43-22-20-30(21-23-43)36-42-34(26-48-36)38(47)44(24-27-10-4-2-5-11-27)25-35(45)29-12-6-3-7-13-29/h2-19,26,30,35,45H,20-25H2,1H3. The minimum absolute atomic E-state index is 0.0714. The van der Waals surface area contributed by atoms with E-state index in [1.807, 2.05) is 83.8 Å². The van der Waals surface area contributed by atoms with Gasteiger partial charge in [-0.15, -0.1) is 11.3 Å². The minimum Gasteiger partial charge on any atom is -0.387 e. The maximum atomic E-state index is 13.8. The zero-order chi connectivity index (χ0) is 33.7. The van der Waals surface area contributed by atoms with E-state index in [-0.39, 0.29) is 29.8 Å². The highest BCUT2D eigenvalue weighted by atomic mass is 32.1. The van der Waals surface area contributed by atoms with Crippen molar-refractivity contribution >= 4 is 23.2 Å². The first-order valence-electron chi connectivity index (χ1n) is 16.1. The van der Waals surface area contributed by atoms with Crippen LogP contribution in [0.3, 0.4) is 0 Å². The molecule has 0 saturated carbocycles. The van der Waals surface area contributed by atoms with Crippen molar-refractivity contribution in [1.82, 2.24) is 14.8 Å². The number of nitrogens with zero attached hydrogens (tertiary/aromatic N) is 3. The summed E-state index contributed by atoms with van der Waals surface area (Å²) < 4.78 is 27.5. The van der Waals surface area contributed by atoms with Crippen molar-refractivity contribution in [3.8, 4) is 11.1 Å². The molecule has 1 aromatic heterocycles. The Balaban J connectivity index is 1.12. The van der Waals surface area contributed by atoms with E-state index in [0.29, 0.717) is 54.9 Å². The van der Waals surface area contributed by atoms with Gasteiger partial charge in [-0.2, -0.15) is 0 Å². The number of halogens is 2. The third-order valence-corrected chi connectivity index (χ3v) is 9.82. The van der Waals surface area contributed by atoms with Gasteiger partial charge in [-0.1, -0.05) is 103 Å². The Labute approximate surface area is 283 Å². The van der Waals surface area contributed by atoms with Crippen molar-refractivity contribution < 1.29 is 23.5 Å². The molecule has 6 rings (SSSR count). The van der Waals surface area contributed by atoms with Crippen LogP contribution in [0.25, 0.3) is 11.1 Å². The van der Waals surface area contributed by atoms with Crippen molar-refractivity contribution in [2.24, 2.45) is 0 Å². The van der Waals surface area contributed by atoms with Crippen LogP contribution in [0.1, 0.15) is 74.3 Å². The molecule has 9 heteroatoms. The number of hydrogen-bond acceptors (Lipinski definition) is 5. The number of likely N-dealkylation sites (tertiary alicyclic amines) is 1. The number of aromatic nitrogens is 1. The Morgan fingerprint density at radius 1 is 0.917 bits per heavy atom. The molecule has 0 radical (unpaired) electrons. The second-order valence-electron chi connectivity index (χ2n) is 12.2. The SMILES string of the molecule is CC(F)(F)c1ccc(-c2ccccc2C(=O)N2CCC(c3nc(C(=O)N(Cc4ccccc4)CC(O)c4ccccc4)cs3)CC2)cc1. The zero-order valence-corrected chi connectivity index (χ0v) is 27.5. The molecule has 1 fully saturated rings. The first kappa shape index (κ1) is 33.2.